The zero-order valence-corrected chi connectivity index (χ0v) is 10.9. The highest BCUT2D eigenvalue weighted by Gasteiger charge is 2.31. The third kappa shape index (κ3) is 3.06. The van der Waals surface area contributed by atoms with Gasteiger partial charge in [0.1, 0.15) is 0 Å². The van der Waals surface area contributed by atoms with Crippen LogP contribution < -0.4 is 5.73 Å². The standard InChI is InChI=1S/C13H18BrNO/c14-11-3-1-10(2-4-11)9-13(16)7-5-12(15)6-8-13/h1-4,12,16H,5-9,15H2. The molecule has 0 aromatic heterocycles. The van der Waals surface area contributed by atoms with E-state index in [9.17, 15) is 5.11 Å². The Morgan fingerprint density at radius 2 is 1.81 bits per heavy atom. The lowest BCUT2D eigenvalue weighted by molar-refractivity contribution is 0.000214. The van der Waals surface area contributed by atoms with Crippen molar-refractivity contribution in [1.29, 1.82) is 0 Å². The predicted octanol–water partition coefficient (Wildman–Crippen LogP) is 2.62. The van der Waals surface area contributed by atoms with Crippen molar-refractivity contribution in [2.24, 2.45) is 5.73 Å². The molecule has 88 valence electrons. The lowest BCUT2D eigenvalue weighted by Gasteiger charge is -2.34. The molecule has 0 atom stereocenters. The lowest BCUT2D eigenvalue weighted by Crippen LogP contribution is -2.40. The molecule has 0 unspecified atom stereocenters. The van der Waals surface area contributed by atoms with Gasteiger partial charge in [-0.1, -0.05) is 28.1 Å². The monoisotopic (exact) mass is 283 g/mol. The van der Waals surface area contributed by atoms with Crippen molar-refractivity contribution < 1.29 is 5.11 Å². The number of aliphatic hydroxyl groups is 1. The molecular weight excluding hydrogens is 266 g/mol. The van der Waals surface area contributed by atoms with Crippen molar-refractivity contribution in [2.45, 2.75) is 43.7 Å². The van der Waals surface area contributed by atoms with Crippen LogP contribution in [-0.2, 0) is 6.42 Å². The summed E-state index contributed by atoms with van der Waals surface area (Å²) in [4.78, 5) is 0. The van der Waals surface area contributed by atoms with Crippen LogP contribution >= 0.6 is 15.9 Å². The number of halogens is 1. The van der Waals surface area contributed by atoms with Gasteiger partial charge < -0.3 is 10.8 Å². The maximum Gasteiger partial charge on any atom is 0.0689 e. The van der Waals surface area contributed by atoms with Crippen LogP contribution in [0.1, 0.15) is 31.2 Å². The highest BCUT2D eigenvalue weighted by atomic mass is 79.9. The van der Waals surface area contributed by atoms with Crippen molar-refractivity contribution >= 4 is 15.9 Å². The summed E-state index contributed by atoms with van der Waals surface area (Å²) in [6, 6.07) is 8.46. The quantitative estimate of drug-likeness (QED) is 0.877. The van der Waals surface area contributed by atoms with Gasteiger partial charge in [-0.3, -0.25) is 0 Å². The summed E-state index contributed by atoms with van der Waals surface area (Å²) in [5, 5.41) is 10.4. The smallest absolute Gasteiger partial charge is 0.0689 e. The molecule has 0 amide bonds. The van der Waals surface area contributed by atoms with Gasteiger partial charge in [0.25, 0.3) is 0 Å². The first-order chi connectivity index (χ1) is 7.57. The van der Waals surface area contributed by atoms with E-state index >= 15 is 0 Å². The molecule has 1 aromatic carbocycles. The molecule has 16 heavy (non-hydrogen) atoms. The van der Waals surface area contributed by atoms with E-state index in [4.69, 9.17) is 5.73 Å². The molecular formula is C13H18BrNO. The molecule has 0 radical (unpaired) electrons. The number of benzene rings is 1. The zero-order chi connectivity index (χ0) is 11.6. The molecule has 1 aliphatic rings. The Bertz CT molecular complexity index is 341. The normalized spacial score (nSPS) is 30.3. The molecule has 0 saturated heterocycles. The van der Waals surface area contributed by atoms with E-state index in [1.54, 1.807) is 0 Å². The lowest BCUT2D eigenvalue weighted by atomic mass is 9.79. The summed E-state index contributed by atoms with van der Waals surface area (Å²) in [6.07, 6.45) is 4.27. The fourth-order valence-corrected chi connectivity index (χ4v) is 2.60. The summed E-state index contributed by atoms with van der Waals surface area (Å²) < 4.78 is 1.08. The van der Waals surface area contributed by atoms with Crippen molar-refractivity contribution in [2.75, 3.05) is 0 Å². The first-order valence-corrected chi connectivity index (χ1v) is 6.59. The fraction of sp³-hybridized carbons (Fsp3) is 0.538. The highest BCUT2D eigenvalue weighted by Crippen LogP contribution is 2.30. The molecule has 0 spiro atoms. The van der Waals surface area contributed by atoms with E-state index in [1.165, 1.54) is 5.56 Å². The van der Waals surface area contributed by atoms with Crippen LogP contribution in [-0.4, -0.2) is 16.7 Å². The SMILES string of the molecule is NC1CCC(O)(Cc2ccc(Br)cc2)CC1. The summed E-state index contributed by atoms with van der Waals surface area (Å²) in [5.74, 6) is 0. The second kappa shape index (κ2) is 4.86. The van der Waals surface area contributed by atoms with Gasteiger partial charge in [-0.15, -0.1) is 0 Å². The fourth-order valence-electron chi connectivity index (χ4n) is 2.34. The van der Waals surface area contributed by atoms with Gasteiger partial charge in [0.05, 0.1) is 5.60 Å². The zero-order valence-electron chi connectivity index (χ0n) is 9.32. The van der Waals surface area contributed by atoms with E-state index in [0.717, 1.165) is 36.6 Å². The van der Waals surface area contributed by atoms with Crippen LogP contribution in [0.3, 0.4) is 0 Å². The summed E-state index contributed by atoms with van der Waals surface area (Å²) in [6.45, 7) is 0. The highest BCUT2D eigenvalue weighted by molar-refractivity contribution is 9.10. The Balaban J connectivity index is 2.00. The first kappa shape index (κ1) is 12.1. The average Bonchev–Trinajstić information content (AvgIpc) is 2.27. The van der Waals surface area contributed by atoms with E-state index in [0.29, 0.717) is 0 Å². The minimum atomic E-state index is -0.538. The van der Waals surface area contributed by atoms with Crippen molar-refractivity contribution in [3.8, 4) is 0 Å². The Morgan fingerprint density at radius 3 is 2.38 bits per heavy atom. The third-order valence-corrected chi connectivity index (χ3v) is 3.94. The molecule has 0 aliphatic heterocycles. The third-order valence-electron chi connectivity index (χ3n) is 3.41. The second-order valence-electron chi connectivity index (χ2n) is 4.87. The Labute approximate surface area is 105 Å². The van der Waals surface area contributed by atoms with Crippen LogP contribution in [0.25, 0.3) is 0 Å². The van der Waals surface area contributed by atoms with Gasteiger partial charge in [-0.25, -0.2) is 0 Å². The maximum absolute atomic E-state index is 10.4. The van der Waals surface area contributed by atoms with Gasteiger partial charge in [0.15, 0.2) is 0 Å². The summed E-state index contributed by atoms with van der Waals surface area (Å²) >= 11 is 3.41. The number of hydrogen-bond acceptors (Lipinski definition) is 2. The van der Waals surface area contributed by atoms with Gasteiger partial charge in [-0.2, -0.15) is 0 Å². The number of rotatable bonds is 2. The van der Waals surface area contributed by atoms with Crippen molar-refractivity contribution in [3.05, 3.63) is 34.3 Å². The largest absolute Gasteiger partial charge is 0.390 e. The van der Waals surface area contributed by atoms with Crippen molar-refractivity contribution in [3.63, 3.8) is 0 Å². The molecule has 0 bridgehead atoms. The molecule has 1 aromatic rings. The van der Waals surface area contributed by atoms with Crippen LogP contribution in [0.2, 0.25) is 0 Å². The number of nitrogens with two attached hydrogens (primary N) is 1. The second-order valence-corrected chi connectivity index (χ2v) is 5.78. The van der Waals surface area contributed by atoms with Crippen LogP contribution in [0.15, 0.2) is 28.7 Å². The molecule has 3 N–H and O–H groups in total. The predicted molar refractivity (Wildman–Crippen MR) is 69.2 cm³/mol. The molecule has 1 saturated carbocycles. The topological polar surface area (TPSA) is 46.2 Å². The van der Waals surface area contributed by atoms with Gasteiger partial charge in [0.2, 0.25) is 0 Å². The molecule has 1 fully saturated rings. The van der Waals surface area contributed by atoms with E-state index in [2.05, 4.69) is 28.1 Å². The van der Waals surface area contributed by atoms with Gasteiger partial charge in [-0.05, 0) is 43.4 Å². The van der Waals surface area contributed by atoms with Crippen LogP contribution in [0, 0.1) is 0 Å². The maximum atomic E-state index is 10.4. The molecule has 3 heteroatoms. The molecule has 1 aliphatic carbocycles. The van der Waals surface area contributed by atoms with Gasteiger partial charge in [0, 0.05) is 16.9 Å². The summed E-state index contributed by atoms with van der Waals surface area (Å²) in [7, 11) is 0. The summed E-state index contributed by atoms with van der Waals surface area (Å²) in [5.41, 5.74) is 6.51. The Kier molecular flexibility index (Phi) is 3.67. The van der Waals surface area contributed by atoms with E-state index in [1.807, 2.05) is 12.1 Å². The molecule has 0 heterocycles. The Hall–Kier alpha value is -0.380. The van der Waals surface area contributed by atoms with Crippen molar-refractivity contribution in [1.82, 2.24) is 0 Å². The number of hydrogen-bond donors (Lipinski definition) is 2. The minimum Gasteiger partial charge on any atom is -0.390 e. The van der Waals surface area contributed by atoms with Gasteiger partial charge >= 0.3 is 0 Å². The molecule has 2 nitrogen and oxygen atoms in total. The first-order valence-electron chi connectivity index (χ1n) is 5.80. The average molecular weight is 284 g/mol. The van der Waals surface area contributed by atoms with Crippen LogP contribution in [0.4, 0.5) is 0 Å². The van der Waals surface area contributed by atoms with E-state index < -0.39 is 5.60 Å². The molecule has 2 rings (SSSR count). The minimum absolute atomic E-state index is 0.283. The van der Waals surface area contributed by atoms with E-state index in [-0.39, 0.29) is 6.04 Å². The van der Waals surface area contributed by atoms with Crippen LogP contribution in [0.5, 0.6) is 0 Å². The Morgan fingerprint density at radius 1 is 1.25 bits per heavy atom.